The molecule has 0 saturated carbocycles. The van der Waals surface area contributed by atoms with Crippen molar-refractivity contribution in [3.05, 3.63) is 76.7 Å². The summed E-state index contributed by atoms with van der Waals surface area (Å²) in [5.74, 6) is 1.29. The second-order valence-electron chi connectivity index (χ2n) is 8.77. The fourth-order valence-corrected chi connectivity index (χ4v) is 7.30. The van der Waals surface area contributed by atoms with Crippen LogP contribution in [0, 0.1) is 0 Å². The molecule has 1 aromatic heterocycles. The molecule has 6 nitrogen and oxygen atoms in total. The second-order valence-corrected chi connectivity index (χ2v) is 11.9. The van der Waals surface area contributed by atoms with Gasteiger partial charge in [-0.1, -0.05) is 36.4 Å². The Balaban J connectivity index is 1.34. The Morgan fingerprint density at radius 1 is 1.06 bits per heavy atom. The van der Waals surface area contributed by atoms with E-state index in [1.807, 2.05) is 18.2 Å². The number of ether oxygens (including phenoxy) is 3. The number of nitrogens with zero attached hydrogens (tertiary/aromatic N) is 1. The predicted molar refractivity (Wildman–Crippen MR) is 132 cm³/mol. The fraction of sp³-hybridized carbons (Fsp3) is 0.385. The highest BCUT2D eigenvalue weighted by atomic mass is 32.2. The molecular formula is C26H29NO5S2. The molecule has 1 aliphatic carbocycles. The highest BCUT2D eigenvalue weighted by molar-refractivity contribution is 7.91. The zero-order valence-corrected chi connectivity index (χ0v) is 20.8. The van der Waals surface area contributed by atoms with Gasteiger partial charge in [-0.25, -0.2) is 8.42 Å². The van der Waals surface area contributed by atoms with Crippen molar-refractivity contribution in [2.24, 2.45) is 0 Å². The minimum atomic E-state index is -3.62. The van der Waals surface area contributed by atoms with Gasteiger partial charge in [0.15, 0.2) is 11.5 Å². The van der Waals surface area contributed by atoms with Gasteiger partial charge in [0, 0.05) is 32.5 Å². The maximum Gasteiger partial charge on any atom is 0.252 e. The summed E-state index contributed by atoms with van der Waals surface area (Å²) < 4.78 is 46.3. The van der Waals surface area contributed by atoms with Crippen LogP contribution in [0.2, 0.25) is 0 Å². The molecule has 2 aliphatic rings. The van der Waals surface area contributed by atoms with Crippen LogP contribution in [0.4, 0.5) is 0 Å². The first-order valence-electron chi connectivity index (χ1n) is 11.6. The molecule has 1 atom stereocenters. The maximum absolute atomic E-state index is 13.4. The Morgan fingerprint density at radius 3 is 2.50 bits per heavy atom. The van der Waals surface area contributed by atoms with Crippen molar-refractivity contribution in [2.45, 2.75) is 48.6 Å². The number of methoxy groups -OCH3 is 1. The lowest BCUT2D eigenvalue weighted by molar-refractivity contribution is 0.0926. The lowest BCUT2D eigenvalue weighted by Crippen LogP contribution is -2.36. The lowest BCUT2D eigenvalue weighted by atomic mass is 10.1. The van der Waals surface area contributed by atoms with E-state index in [4.69, 9.17) is 14.2 Å². The van der Waals surface area contributed by atoms with Crippen LogP contribution in [0.25, 0.3) is 0 Å². The average Bonchev–Trinajstić information content (AvgIpc) is 3.61. The smallest absolute Gasteiger partial charge is 0.252 e. The number of hydrogen-bond acceptors (Lipinski definition) is 6. The third kappa shape index (κ3) is 5.00. The van der Waals surface area contributed by atoms with Crippen molar-refractivity contribution in [3.63, 3.8) is 0 Å². The molecule has 1 fully saturated rings. The van der Waals surface area contributed by atoms with E-state index in [2.05, 4.69) is 24.3 Å². The summed E-state index contributed by atoms with van der Waals surface area (Å²) in [7, 11) is -2.01. The molecule has 2 heterocycles. The lowest BCUT2D eigenvalue weighted by Gasteiger charge is -2.25. The summed E-state index contributed by atoms with van der Waals surface area (Å²) >= 11 is 1.23. The van der Waals surface area contributed by atoms with Gasteiger partial charge in [-0.2, -0.15) is 4.31 Å². The number of hydrogen-bond donors (Lipinski definition) is 0. The maximum atomic E-state index is 13.4. The number of thiophene rings is 1. The summed E-state index contributed by atoms with van der Waals surface area (Å²) in [4.78, 5) is 0. The van der Waals surface area contributed by atoms with E-state index >= 15 is 0 Å². The first-order chi connectivity index (χ1) is 16.5. The molecule has 0 amide bonds. The van der Waals surface area contributed by atoms with Crippen molar-refractivity contribution in [2.75, 3.05) is 20.3 Å². The zero-order valence-electron chi connectivity index (χ0n) is 19.2. The predicted octanol–water partition coefficient (Wildman–Crippen LogP) is 4.67. The topological polar surface area (TPSA) is 65.1 Å². The van der Waals surface area contributed by atoms with E-state index in [0.29, 0.717) is 28.9 Å². The molecule has 0 N–H and O–H groups in total. The summed E-state index contributed by atoms with van der Waals surface area (Å²) in [5, 5.41) is 1.79. The third-order valence-electron chi connectivity index (χ3n) is 6.41. The first kappa shape index (κ1) is 23.4. The minimum Gasteiger partial charge on any atom is -0.493 e. The molecule has 1 saturated heterocycles. The minimum absolute atomic E-state index is 0.0624. The standard InChI is InChI=1S/C26H29NO5S2/c1-30-25-14-19(10-11-24(25)32-23-15-20-6-2-3-7-21(20)16-23)17-27(18-22-8-4-12-31-22)34(28,29)26-9-5-13-33-26/h2-3,5-7,9-11,13-14,22-23H,4,8,12,15-18H2,1H3. The number of fused-ring (bicyclic) bond motifs is 1. The molecule has 2 aromatic carbocycles. The van der Waals surface area contributed by atoms with Crippen molar-refractivity contribution >= 4 is 21.4 Å². The number of benzene rings is 2. The summed E-state index contributed by atoms with van der Waals surface area (Å²) in [5.41, 5.74) is 3.50. The Hall–Kier alpha value is -2.39. The molecule has 8 heteroatoms. The molecule has 1 unspecified atom stereocenters. The van der Waals surface area contributed by atoms with Gasteiger partial charge in [0.25, 0.3) is 10.0 Å². The van der Waals surface area contributed by atoms with E-state index in [9.17, 15) is 8.42 Å². The van der Waals surface area contributed by atoms with Gasteiger partial charge in [-0.15, -0.1) is 11.3 Å². The highest BCUT2D eigenvalue weighted by Crippen LogP contribution is 2.34. The normalized spacial score (nSPS) is 18.4. The monoisotopic (exact) mass is 499 g/mol. The van der Waals surface area contributed by atoms with Gasteiger partial charge in [0.1, 0.15) is 10.3 Å². The Kier molecular flexibility index (Phi) is 6.92. The second kappa shape index (κ2) is 10.1. The van der Waals surface area contributed by atoms with Gasteiger partial charge in [0.2, 0.25) is 0 Å². The fourth-order valence-electron chi connectivity index (χ4n) is 4.69. The number of rotatable bonds is 9. The van der Waals surface area contributed by atoms with E-state index in [-0.39, 0.29) is 18.8 Å². The van der Waals surface area contributed by atoms with E-state index < -0.39 is 10.0 Å². The van der Waals surface area contributed by atoms with Gasteiger partial charge >= 0.3 is 0 Å². The van der Waals surface area contributed by atoms with Crippen molar-refractivity contribution < 1.29 is 22.6 Å². The van der Waals surface area contributed by atoms with Crippen LogP contribution < -0.4 is 9.47 Å². The molecule has 0 spiro atoms. The molecule has 5 rings (SSSR count). The van der Waals surface area contributed by atoms with Gasteiger partial charge < -0.3 is 14.2 Å². The van der Waals surface area contributed by atoms with Crippen LogP contribution in [0.5, 0.6) is 11.5 Å². The SMILES string of the molecule is COc1cc(CN(CC2CCCO2)S(=O)(=O)c2cccs2)ccc1OC1Cc2ccccc2C1. The van der Waals surface area contributed by atoms with Crippen molar-refractivity contribution in [1.29, 1.82) is 0 Å². The van der Waals surface area contributed by atoms with Crippen LogP contribution in [-0.4, -0.2) is 45.2 Å². The molecule has 34 heavy (non-hydrogen) atoms. The summed E-state index contributed by atoms with van der Waals surface area (Å²) in [6, 6.07) is 17.5. The van der Waals surface area contributed by atoms with E-state index in [1.54, 1.807) is 24.6 Å². The van der Waals surface area contributed by atoms with Crippen LogP contribution in [0.15, 0.2) is 64.2 Å². The Bertz CT molecular complexity index is 1190. The van der Waals surface area contributed by atoms with Crippen molar-refractivity contribution in [1.82, 2.24) is 4.31 Å². The number of sulfonamides is 1. The summed E-state index contributed by atoms with van der Waals surface area (Å²) in [6.07, 6.45) is 3.55. The van der Waals surface area contributed by atoms with Crippen LogP contribution in [0.1, 0.15) is 29.5 Å². The highest BCUT2D eigenvalue weighted by Gasteiger charge is 2.30. The summed E-state index contributed by atoms with van der Waals surface area (Å²) in [6.45, 7) is 1.26. The third-order valence-corrected chi connectivity index (χ3v) is 9.60. The molecule has 3 aromatic rings. The Labute approximate surface area is 205 Å². The van der Waals surface area contributed by atoms with Gasteiger partial charge in [-0.05, 0) is 53.1 Å². The van der Waals surface area contributed by atoms with Gasteiger partial charge in [0.05, 0.1) is 13.2 Å². The van der Waals surface area contributed by atoms with Crippen LogP contribution in [-0.2, 0) is 34.1 Å². The molecule has 0 radical (unpaired) electrons. The molecular weight excluding hydrogens is 470 g/mol. The zero-order chi connectivity index (χ0) is 23.5. The quantitative estimate of drug-likeness (QED) is 0.428. The average molecular weight is 500 g/mol. The molecule has 180 valence electrons. The van der Waals surface area contributed by atoms with Crippen LogP contribution in [0.3, 0.4) is 0 Å². The van der Waals surface area contributed by atoms with E-state index in [0.717, 1.165) is 31.2 Å². The van der Waals surface area contributed by atoms with E-state index in [1.165, 1.54) is 26.8 Å². The van der Waals surface area contributed by atoms with Gasteiger partial charge in [-0.3, -0.25) is 0 Å². The van der Waals surface area contributed by atoms with Crippen LogP contribution >= 0.6 is 11.3 Å². The first-order valence-corrected chi connectivity index (χ1v) is 13.9. The Morgan fingerprint density at radius 2 is 1.85 bits per heavy atom. The largest absolute Gasteiger partial charge is 0.493 e. The van der Waals surface area contributed by atoms with Crippen molar-refractivity contribution in [3.8, 4) is 11.5 Å². The molecule has 1 aliphatic heterocycles. The molecule has 0 bridgehead atoms.